The van der Waals surface area contributed by atoms with Gasteiger partial charge in [0.25, 0.3) is 0 Å². The quantitative estimate of drug-likeness (QED) is 0.620. The molecule has 1 heterocycles. The van der Waals surface area contributed by atoms with Crippen LogP contribution in [-0.4, -0.2) is 34.8 Å². The van der Waals surface area contributed by atoms with Crippen molar-refractivity contribution >= 4 is 17.8 Å². The lowest BCUT2D eigenvalue weighted by atomic mass is 10.1. The third-order valence-corrected chi connectivity index (χ3v) is 3.07. The molecule has 20 heavy (non-hydrogen) atoms. The number of ether oxygens (including phenoxy) is 1. The Hall–Kier alpha value is -2.17. The number of amides is 2. The van der Waals surface area contributed by atoms with Crippen molar-refractivity contribution in [3.63, 3.8) is 0 Å². The zero-order valence-electron chi connectivity index (χ0n) is 11.6. The van der Waals surface area contributed by atoms with Crippen LogP contribution >= 0.6 is 0 Å². The van der Waals surface area contributed by atoms with Gasteiger partial charge in [-0.3, -0.25) is 14.5 Å². The Morgan fingerprint density at radius 3 is 2.25 bits per heavy atom. The Bertz CT molecular complexity index is 520. The molecular weight excluding hydrogens is 258 g/mol. The maximum atomic E-state index is 12.0. The number of hydrogen-bond donors (Lipinski definition) is 0. The molecule has 0 aliphatic carbocycles. The van der Waals surface area contributed by atoms with Gasteiger partial charge in [0.05, 0.1) is 12.1 Å². The fraction of sp³-hybridized carbons (Fsp3) is 0.400. The van der Waals surface area contributed by atoms with Crippen molar-refractivity contribution < 1.29 is 19.1 Å². The molecule has 0 bridgehead atoms. The number of rotatable bonds is 4. The minimum Gasteiger partial charge on any atom is -0.454 e. The maximum absolute atomic E-state index is 12.0. The van der Waals surface area contributed by atoms with Crippen molar-refractivity contribution in [2.24, 2.45) is 0 Å². The summed E-state index contributed by atoms with van der Waals surface area (Å²) in [7, 11) is 0. The zero-order chi connectivity index (χ0) is 14.8. The summed E-state index contributed by atoms with van der Waals surface area (Å²) in [6.07, 6.45) is 0.475. The minimum absolute atomic E-state index is 0.0865. The lowest BCUT2D eigenvalue weighted by Gasteiger charge is -2.29. The van der Waals surface area contributed by atoms with Crippen molar-refractivity contribution in [3.8, 4) is 0 Å². The van der Waals surface area contributed by atoms with Gasteiger partial charge in [0, 0.05) is 12.8 Å². The molecule has 5 nitrogen and oxygen atoms in total. The van der Waals surface area contributed by atoms with E-state index in [1.807, 2.05) is 6.07 Å². The highest BCUT2D eigenvalue weighted by Crippen LogP contribution is 2.20. The predicted octanol–water partition coefficient (Wildman–Crippen LogP) is 1.77. The zero-order valence-corrected chi connectivity index (χ0v) is 11.6. The van der Waals surface area contributed by atoms with Gasteiger partial charge in [0.1, 0.15) is 5.60 Å². The first-order valence-corrected chi connectivity index (χ1v) is 6.51. The Labute approximate surface area is 117 Å². The summed E-state index contributed by atoms with van der Waals surface area (Å²) in [5.74, 6) is -0.882. The van der Waals surface area contributed by atoms with Gasteiger partial charge in [-0.15, -0.1) is 0 Å². The van der Waals surface area contributed by atoms with E-state index in [0.717, 1.165) is 4.90 Å². The fourth-order valence-electron chi connectivity index (χ4n) is 2.10. The van der Waals surface area contributed by atoms with Gasteiger partial charge >= 0.3 is 5.97 Å². The van der Waals surface area contributed by atoms with Gasteiger partial charge in [-0.2, -0.15) is 0 Å². The lowest BCUT2D eigenvalue weighted by Crippen LogP contribution is -2.44. The van der Waals surface area contributed by atoms with Crippen LogP contribution in [0.4, 0.5) is 0 Å². The topological polar surface area (TPSA) is 63.7 Å². The van der Waals surface area contributed by atoms with Crippen LogP contribution in [0.2, 0.25) is 0 Å². The van der Waals surface area contributed by atoms with Crippen LogP contribution in [0.3, 0.4) is 0 Å². The molecule has 2 rings (SSSR count). The number of esters is 1. The van der Waals surface area contributed by atoms with Crippen LogP contribution in [0.1, 0.15) is 37.0 Å². The van der Waals surface area contributed by atoms with Crippen molar-refractivity contribution in [2.45, 2.75) is 32.3 Å². The number of imide groups is 1. The molecule has 0 saturated carbocycles. The molecule has 2 amide bonds. The Balaban J connectivity index is 2.02. The van der Waals surface area contributed by atoms with Crippen molar-refractivity contribution in [1.29, 1.82) is 0 Å². The van der Waals surface area contributed by atoms with E-state index in [-0.39, 0.29) is 31.2 Å². The van der Waals surface area contributed by atoms with Crippen LogP contribution in [-0.2, 0) is 14.3 Å². The van der Waals surface area contributed by atoms with E-state index in [9.17, 15) is 14.4 Å². The van der Waals surface area contributed by atoms with Crippen LogP contribution in [0.15, 0.2) is 30.3 Å². The summed E-state index contributed by atoms with van der Waals surface area (Å²) in [5.41, 5.74) is -0.470. The molecule has 5 heteroatoms. The van der Waals surface area contributed by atoms with E-state index in [2.05, 4.69) is 0 Å². The molecule has 0 atom stereocenters. The van der Waals surface area contributed by atoms with Gasteiger partial charge in [0.2, 0.25) is 11.8 Å². The SMILES string of the molecule is CC(C)(CN1C(=O)CCC1=O)OC(=O)c1ccccc1. The number of carbonyl (C=O) groups is 3. The van der Waals surface area contributed by atoms with Gasteiger partial charge in [0.15, 0.2) is 0 Å². The van der Waals surface area contributed by atoms with Crippen LogP contribution in [0.5, 0.6) is 0 Å². The Morgan fingerprint density at radius 2 is 1.70 bits per heavy atom. The number of carbonyl (C=O) groups excluding carboxylic acids is 3. The molecular formula is C15H17NO4. The first kappa shape index (κ1) is 14.2. The highest BCUT2D eigenvalue weighted by Gasteiger charge is 2.35. The standard InChI is InChI=1S/C15H17NO4/c1-15(2,10-16-12(17)8-9-13(16)18)20-14(19)11-6-4-3-5-7-11/h3-7H,8-10H2,1-2H3. The molecule has 1 fully saturated rings. The molecule has 1 aliphatic heterocycles. The first-order valence-electron chi connectivity index (χ1n) is 6.51. The largest absolute Gasteiger partial charge is 0.454 e. The summed E-state index contributed by atoms with van der Waals surface area (Å²) in [6, 6.07) is 8.62. The molecule has 1 aliphatic rings. The second-order valence-corrected chi connectivity index (χ2v) is 5.39. The summed E-state index contributed by atoms with van der Waals surface area (Å²) < 4.78 is 5.40. The number of benzene rings is 1. The van der Waals surface area contributed by atoms with Gasteiger partial charge in [-0.25, -0.2) is 4.79 Å². The number of hydrogen-bond acceptors (Lipinski definition) is 4. The van der Waals surface area contributed by atoms with Crippen molar-refractivity contribution in [1.82, 2.24) is 4.90 Å². The third kappa shape index (κ3) is 3.23. The first-order chi connectivity index (χ1) is 9.39. The van der Waals surface area contributed by atoms with Crippen LogP contribution in [0, 0.1) is 0 Å². The molecule has 0 aromatic heterocycles. The van der Waals surface area contributed by atoms with E-state index in [1.165, 1.54) is 0 Å². The highest BCUT2D eigenvalue weighted by molar-refractivity contribution is 6.02. The second kappa shape index (κ2) is 5.45. The normalized spacial score (nSPS) is 15.6. The van der Waals surface area contributed by atoms with E-state index < -0.39 is 11.6 Å². The lowest BCUT2D eigenvalue weighted by molar-refractivity contribution is -0.142. The Kier molecular flexibility index (Phi) is 3.88. The van der Waals surface area contributed by atoms with Crippen LogP contribution in [0.25, 0.3) is 0 Å². The summed E-state index contributed by atoms with van der Waals surface area (Å²) in [4.78, 5) is 36.3. The average molecular weight is 275 g/mol. The summed E-state index contributed by atoms with van der Waals surface area (Å²) >= 11 is 0. The average Bonchev–Trinajstić information content (AvgIpc) is 2.70. The molecule has 0 radical (unpaired) electrons. The fourth-order valence-corrected chi connectivity index (χ4v) is 2.10. The molecule has 106 valence electrons. The Morgan fingerprint density at radius 1 is 1.15 bits per heavy atom. The second-order valence-electron chi connectivity index (χ2n) is 5.39. The summed E-state index contributed by atoms with van der Waals surface area (Å²) in [6.45, 7) is 3.46. The summed E-state index contributed by atoms with van der Waals surface area (Å²) in [5, 5.41) is 0. The van der Waals surface area contributed by atoms with Gasteiger partial charge < -0.3 is 4.74 Å². The molecule has 1 aromatic carbocycles. The molecule has 1 saturated heterocycles. The van der Waals surface area contributed by atoms with Gasteiger partial charge in [-0.1, -0.05) is 18.2 Å². The molecule has 0 N–H and O–H groups in total. The number of likely N-dealkylation sites (tertiary alicyclic amines) is 1. The van der Waals surface area contributed by atoms with Gasteiger partial charge in [-0.05, 0) is 26.0 Å². The maximum Gasteiger partial charge on any atom is 0.338 e. The van der Waals surface area contributed by atoms with Crippen molar-refractivity contribution in [3.05, 3.63) is 35.9 Å². The third-order valence-electron chi connectivity index (χ3n) is 3.07. The van der Waals surface area contributed by atoms with E-state index >= 15 is 0 Å². The minimum atomic E-state index is -0.914. The van der Waals surface area contributed by atoms with Crippen LogP contribution < -0.4 is 0 Å². The van der Waals surface area contributed by atoms with E-state index in [4.69, 9.17) is 4.74 Å². The highest BCUT2D eigenvalue weighted by atomic mass is 16.6. The molecule has 0 unspecified atom stereocenters. The monoisotopic (exact) mass is 275 g/mol. The smallest absolute Gasteiger partial charge is 0.338 e. The van der Waals surface area contributed by atoms with E-state index in [0.29, 0.717) is 5.56 Å². The van der Waals surface area contributed by atoms with Crippen molar-refractivity contribution in [2.75, 3.05) is 6.54 Å². The van der Waals surface area contributed by atoms with E-state index in [1.54, 1.807) is 38.1 Å². The molecule has 1 aromatic rings. The number of nitrogens with zero attached hydrogens (tertiary/aromatic N) is 1. The predicted molar refractivity (Wildman–Crippen MR) is 71.9 cm³/mol. The molecule has 0 spiro atoms.